The van der Waals surface area contributed by atoms with Gasteiger partial charge in [0.1, 0.15) is 0 Å². The molecule has 2 atom stereocenters. The van der Waals surface area contributed by atoms with Crippen LogP contribution in [0.3, 0.4) is 0 Å². The topological polar surface area (TPSA) is 41.1 Å². The van der Waals surface area contributed by atoms with Gasteiger partial charge in [0.2, 0.25) is 5.91 Å². The molecule has 0 aliphatic carbocycles. The number of piperidine rings is 1. The minimum atomic E-state index is -4.14. The van der Waals surface area contributed by atoms with Crippen molar-refractivity contribution in [3.8, 4) is 0 Å². The first-order chi connectivity index (χ1) is 7.88. The van der Waals surface area contributed by atoms with Crippen LogP contribution in [0, 0.1) is 5.92 Å². The lowest BCUT2D eigenvalue weighted by atomic mass is 9.94. The van der Waals surface area contributed by atoms with Crippen molar-refractivity contribution in [2.75, 3.05) is 13.1 Å². The summed E-state index contributed by atoms with van der Waals surface area (Å²) >= 11 is 0. The van der Waals surface area contributed by atoms with Crippen molar-refractivity contribution >= 4 is 5.91 Å². The lowest BCUT2D eigenvalue weighted by Crippen LogP contribution is -2.48. The number of rotatable bonds is 4. The summed E-state index contributed by atoms with van der Waals surface area (Å²) in [5.41, 5.74) is 0. The number of hydrogen-bond acceptors (Lipinski definition) is 2. The predicted octanol–water partition coefficient (Wildman–Crippen LogP) is 1.83. The smallest absolute Gasteiger partial charge is 0.355 e. The Kier molecular flexibility index (Phi) is 5.24. The first-order valence-corrected chi connectivity index (χ1v) is 5.96. The molecule has 0 spiro atoms. The Morgan fingerprint density at radius 1 is 1.47 bits per heavy atom. The zero-order valence-electron chi connectivity index (χ0n) is 9.94. The fraction of sp³-hybridized carbons (Fsp3) is 0.909. The standard InChI is InChI=1S/C11H19F3N2O/c1-8-3-6-15-9(7-8)10(17)16-5-2-4-11(12,13)14/h8-9,15H,2-7H2,1H3,(H,16,17). The van der Waals surface area contributed by atoms with E-state index in [0.717, 1.165) is 19.4 Å². The predicted molar refractivity (Wildman–Crippen MR) is 58.5 cm³/mol. The second-order valence-corrected chi connectivity index (χ2v) is 4.65. The minimum absolute atomic E-state index is 0.0580. The van der Waals surface area contributed by atoms with E-state index in [0.29, 0.717) is 5.92 Å². The molecule has 0 aromatic heterocycles. The second-order valence-electron chi connectivity index (χ2n) is 4.65. The molecule has 1 heterocycles. The molecular weight excluding hydrogens is 233 g/mol. The Morgan fingerprint density at radius 2 is 2.18 bits per heavy atom. The molecule has 2 unspecified atom stereocenters. The molecule has 0 saturated carbocycles. The summed E-state index contributed by atoms with van der Waals surface area (Å²) in [5, 5.41) is 5.62. The van der Waals surface area contributed by atoms with Gasteiger partial charge in [0.15, 0.2) is 0 Å². The van der Waals surface area contributed by atoms with Crippen LogP contribution in [0.15, 0.2) is 0 Å². The Balaban J connectivity index is 2.16. The maximum absolute atomic E-state index is 11.9. The average Bonchev–Trinajstić information content (AvgIpc) is 2.23. The summed E-state index contributed by atoms with van der Waals surface area (Å²) in [6, 6.07) is -0.246. The molecule has 0 radical (unpaired) electrons. The van der Waals surface area contributed by atoms with Gasteiger partial charge in [0.25, 0.3) is 0 Å². The van der Waals surface area contributed by atoms with Crippen molar-refractivity contribution in [2.45, 2.75) is 44.8 Å². The molecule has 1 amide bonds. The maximum atomic E-state index is 11.9. The Morgan fingerprint density at radius 3 is 2.76 bits per heavy atom. The number of carbonyl (C=O) groups is 1. The molecule has 17 heavy (non-hydrogen) atoms. The summed E-state index contributed by atoms with van der Waals surface area (Å²) in [6.07, 6.45) is -3.25. The van der Waals surface area contributed by atoms with Gasteiger partial charge in [-0.05, 0) is 31.7 Å². The average molecular weight is 252 g/mol. The van der Waals surface area contributed by atoms with E-state index in [9.17, 15) is 18.0 Å². The largest absolute Gasteiger partial charge is 0.389 e. The van der Waals surface area contributed by atoms with Crippen LogP contribution in [0.5, 0.6) is 0 Å². The van der Waals surface area contributed by atoms with Crippen LogP contribution < -0.4 is 10.6 Å². The molecule has 6 heteroatoms. The molecule has 1 aliphatic rings. The minimum Gasteiger partial charge on any atom is -0.355 e. The monoisotopic (exact) mass is 252 g/mol. The van der Waals surface area contributed by atoms with E-state index < -0.39 is 12.6 Å². The number of carbonyl (C=O) groups excluding carboxylic acids is 1. The van der Waals surface area contributed by atoms with Gasteiger partial charge in [-0.25, -0.2) is 0 Å². The van der Waals surface area contributed by atoms with Crippen LogP contribution in [0.2, 0.25) is 0 Å². The molecule has 0 bridgehead atoms. The fourth-order valence-corrected chi connectivity index (χ4v) is 1.93. The molecule has 0 aromatic rings. The molecule has 100 valence electrons. The van der Waals surface area contributed by atoms with Crippen LogP contribution in [-0.2, 0) is 4.79 Å². The van der Waals surface area contributed by atoms with Crippen molar-refractivity contribution in [2.24, 2.45) is 5.92 Å². The Hall–Kier alpha value is -0.780. The van der Waals surface area contributed by atoms with Gasteiger partial charge in [-0.3, -0.25) is 4.79 Å². The van der Waals surface area contributed by atoms with E-state index >= 15 is 0 Å². The van der Waals surface area contributed by atoms with Crippen LogP contribution in [0.25, 0.3) is 0 Å². The van der Waals surface area contributed by atoms with Gasteiger partial charge in [-0.15, -0.1) is 0 Å². The third-order valence-corrected chi connectivity index (χ3v) is 2.92. The zero-order chi connectivity index (χ0) is 12.9. The van der Waals surface area contributed by atoms with E-state index in [1.165, 1.54) is 0 Å². The van der Waals surface area contributed by atoms with Crippen molar-refractivity contribution in [1.82, 2.24) is 10.6 Å². The highest BCUT2D eigenvalue weighted by molar-refractivity contribution is 5.81. The Bertz CT molecular complexity index is 256. The van der Waals surface area contributed by atoms with E-state index in [1.807, 2.05) is 0 Å². The molecule has 1 aliphatic heterocycles. The first-order valence-electron chi connectivity index (χ1n) is 5.96. The van der Waals surface area contributed by atoms with Crippen molar-refractivity contribution in [3.05, 3.63) is 0 Å². The summed E-state index contributed by atoms with van der Waals surface area (Å²) in [4.78, 5) is 11.6. The van der Waals surface area contributed by atoms with E-state index in [4.69, 9.17) is 0 Å². The summed E-state index contributed by atoms with van der Waals surface area (Å²) < 4.78 is 35.6. The van der Waals surface area contributed by atoms with Gasteiger partial charge >= 0.3 is 6.18 Å². The molecular formula is C11H19F3N2O. The molecule has 3 nitrogen and oxygen atoms in total. The zero-order valence-corrected chi connectivity index (χ0v) is 9.94. The van der Waals surface area contributed by atoms with E-state index in [2.05, 4.69) is 17.6 Å². The van der Waals surface area contributed by atoms with E-state index in [-0.39, 0.29) is 24.9 Å². The van der Waals surface area contributed by atoms with Crippen LogP contribution in [-0.4, -0.2) is 31.2 Å². The Labute approximate surface area is 99.1 Å². The van der Waals surface area contributed by atoms with Gasteiger partial charge in [0.05, 0.1) is 6.04 Å². The van der Waals surface area contributed by atoms with E-state index in [1.54, 1.807) is 0 Å². The number of amides is 1. The van der Waals surface area contributed by atoms with Gasteiger partial charge in [-0.1, -0.05) is 6.92 Å². The third kappa shape index (κ3) is 5.91. The highest BCUT2D eigenvalue weighted by Gasteiger charge is 2.27. The lowest BCUT2D eigenvalue weighted by Gasteiger charge is -2.27. The second kappa shape index (κ2) is 6.23. The van der Waals surface area contributed by atoms with Crippen molar-refractivity contribution < 1.29 is 18.0 Å². The first kappa shape index (κ1) is 14.3. The highest BCUT2D eigenvalue weighted by atomic mass is 19.4. The highest BCUT2D eigenvalue weighted by Crippen LogP contribution is 2.20. The number of alkyl halides is 3. The van der Waals surface area contributed by atoms with Crippen LogP contribution in [0.4, 0.5) is 13.2 Å². The molecule has 1 saturated heterocycles. The number of halogens is 3. The van der Waals surface area contributed by atoms with Crippen LogP contribution in [0.1, 0.15) is 32.6 Å². The third-order valence-electron chi connectivity index (χ3n) is 2.92. The lowest BCUT2D eigenvalue weighted by molar-refractivity contribution is -0.136. The molecule has 2 N–H and O–H groups in total. The van der Waals surface area contributed by atoms with Gasteiger partial charge in [0, 0.05) is 13.0 Å². The quantitative estimate of drug-likeness (QED) is 0.749. The van der Waals surface area contributed by atoms with Gasteiger partial charge < -0.3 is 10.6 Å². The van der Waals surface area contributed by atoms with Crippen molar-refractivity contribution in [3.63, 3.8) is 0 Å². The van der Waals surface area contributed by atoms with Crippen LogP contribution >= 0.6 is 0 Å². The van der Waals surface area contributed by atoms with Gasteiger partial charge in [-0.2, -0.15) is 13.2 Å². The summed E-state index contributed by atoms with van der Waals surface area (Å²) in [7, 11) is 0. The van der Waals surface area contributed by atoms with Crippen molar-refractivity contribution in [1.29, 1.82) is 0 Å². The summed E-state index contributed by atoms with van der Waals surface area (Å²) in [6.45, 7) is 2.96. The fourth-order valence-electron chi connectivity index (χ4n) is 1.93. The number of hydrogen-bond donors (Lipinski definition) is 2. The molecule has 1 fully saturated rings. The SMILES string of the molecule is CC1CCNC(C(=O)NCCCC(F)(F)F)C1. The normalized spacial score (nSPS) is 25.6. The molecule has 1 rings (SSSR count). The molecule has 0 aromatic carbocycles. The summed E-state index contributed by atoms with van der Waals surface area (Å²) in [5.74, 6) is 0.306. The number of nitrogens with one attached hydrogen (secondary N) is 2. The maximum Gasteiger partial charge on any atom is 0.389 e.